The molecule has 1 aromatic carbocycles. The van der Waals surface area contributed by atoms with Gasteiger partial charge in [0, 0.05) is 0 Å². The fourth-order valence-electron chi connectivity index (χ4n) is 1.55. The smallest absolute Gasteiger partial charge is 0.360 e. The molecule has 2 aromatic heterocycles. The maximum Gasteiger partial charge on any atom is 0.360 e. The first-order chi connectivity index (χ1) is 8.25. The van der Waals surface area contributed by atoms with Crippen LogP contribution in [0.25, 0.3) is 22.6 Å². The fourth-order valence-corrected chi connectivity index (χ4v) is 1.55. The molecule has 0 aliphatic heterocycles. The Morgan fingerprint density at radius 3 is 2.88 bits per heavy atom. The Kier molecular flexibility index (Phi) is 1.91. The zero-order valence-corrected chi connectivity index (χ0v) is 8.41. The summed E-state index contributed by atoms with van der Waals surface area (Å²) in [5, 5.41) is 15.7. The quantitative estimate of drug-likeness (QED) is 0.687. The van der Waals surface area contributed by atoms with Gasteiger partial charge in [-0.25, -0.2) is 14.4 Å². The molecule has 0 fully saturated rings. The van der Waals surface area contributed by atoms with Crippen LogP contribution in [0.2, 0.25) is 0 Å². The molecule has 0 aliphatic carbocycles. The van der Waals surface area contributed by atoms with Gasteiger partial charge in [-0.15, -0.1) is 0 Å². The maximum atomic E-state index is 10.9. The third-order valence-corrected chi connectivity index (χ3v) is 2.30. The molecule has 7 nitrogen and oxygen atoms in total. The second-order valence-electron chi connectivity index (χ2n) is 3.37. The van der Waals surface area contributed by atoms with Gasteiger partial charge in [-0.1, -0.05) is 12.1 Å². The molecule has 0 saturated carbocycles. The van der Waals surface area contributed by atoms with Crippen LogP contribution in [0.1, 0.15) is 10.5 Å². The van der Waals surface area contributed by atoms with Crippen molar-refractivity contribution in [3.63, 3.8) is 0 Å². The number of hydrogen-bond donors (Lipinski definition) is 2. The minimum absolute atomic E-state index is 0.0914. The van der Waals surface area contributed by atoms with E-state index in [0.717, 1.165) is 11.0 Å². The number of carboxylic acid groups (broad SMARTS) is 1. The minimum atomic E-state index is -1.21. The first-order valence-electron chi connectivity index (χ1n) is 4.76. The number of para-hydroxylation sites is 2. The number of fused-ring (bicyclic) bond motifs is 1. The van der Waals surface area contributed by atoms with E-state index in [9.17, 15) is 4.79 Å². The second kappa shape index (κ2) is 3.41. The lowest BCUT2D eigenvalue weighted by Gasteiger charge is -1.88. The standard InChI is InChI=1S/C10H6N4O3/c15-10(16)8-7(13-17-14-8)9-11-5-3-1-2-4-6(5)12-9/h1-4H,(H,11,12)(H,15,16). The Balaban J connectivity index is 2.20. The topological polar surface area (TPSA) is 105 Å². The van der Waals surface area contributed by atoms with Crippen LogP contribution in [0.5, 0.6) is 0 Å². The third kappa shape index (κ3) is 1.44. The van der Waals surface area contributed by atoms with Gasteiger partial charge < -0.3 is 10.1 Å². The number of carbonyl (C=O) groups is 1. The van der Waals surface area contributed by atoms with Crippen molar-refractivity contribution < 1.29 is 14.5 Å². The van der Waals surface area contributed by atoms with Gasteiger partial charge in [-0.05, 0) is 22.4 Å². The summed E-state index contributed by atoms with van der Waals surface area (Å²) < 4.78 is 4.42. The van der Waals surface area contributed by atoms with Crippen LogP contribution in [0, 0.1) is 0 Å². The molecule has 0 bridgehead atoms. The van der Waals surface area contributed by atoms with E-state index in [4.69, 9.17) is 5.11 Å². The lowest BCUT2D eigenvalue weighted by Crippen LogP contribution is -1.99. The highest BCUT2D eigenvalue weighted by Gasteiger charge is 2.21. The monoisotopic (exact) mass is 230 g/mol. The molecule has 0 atom stereocenters. The Morgan fingerprint density at radius 2 is 2.12 bits per heavy atom. The number of aromatic nitrogens is 4. The van der Waals surface area contributed by atoms with Gasteiger partial charge in [-0.2, -0.15) is 0 Å². The molecule has 0 radical (unpaired) electrons. The van der Waals surface area contributed by atoms with Crippen LogP contribution in [0.3, 0.4) is 0 Å². The highest BCUT2D eigenvalue weighted by atomic mass is 16.6. The van der Waals surface area contributed by atoms with E-state index < -0.39 is 5.97 Å². The second-order valence-corrected chi connectivity index (χ2v) is 3.37. The molecule has 2 heterocycles. The molecule has 0 unspecified atom stereocenters. The van der Waals surface area contributed by atoms with Crippen molar-refractivity contribution >= 4 is 17.0 Å². The summed E-state index contributed by atoms with van der Waals surface area (Å²) >= 11 is 0. The van der Waals surface area contributed by atoms with E-state index in [2.05, 4.69) is 24.9 Å². The van der Waals surface area contributed by atoms with Gasteiger partial charge >= 0.3 is 5.97 Å². The average Bonchev–Trinajstić information content (AvgIpc) is 2.95. The largest absolute Gasteiger partial charge is 0.476 e. The molecule has 17 heavy (non-hydrogen) atoms. The van der Waals surface area contributed by atoms with Crippen molar-refractivity contribution in [2.45, 2.75) is 0 Å². The molecule has 0 amide bonds. The van der Waals surface area contributed by atoms with Crippen LogP contribution < -0.4 is 0 Å². The van der Waals surface area contributed by atoms with Gasteiger partial charge in [0.15, 0.2) is 11.5 Å². The van der Waals surface area contributed by atoms with Gasteiger partial charge in [-0.3, -0.25) is 0 Å². The van der Waals surface area contributed by atoms with Gasteiger partial charge in [0.2, 0.25) is 5.69 Å². The molecule has 0 saturated heterocycles. The molecule has 84 valence electrons. The molecule has 7 heteroatoms. The summed E-state index contributed by atoms with van der Waals surface area (Å²) in [5.74, 6) is -0.883. The zero-order valence-electron chi connectivity index (χ0n) is 8.41. The van der Waals surface area contributed by atoms with E-state index in [1.54, 1.807) is 0 Å². The summed E-state index contributed by atoms with van der Waals surface area (Å²) in [6, 6.07) is 7.33. The van der Waals surface area contributed by atoms with Gasteiger partial charge in [0.05, 0.1) is 11.0 Å². The highest BCUT2D eigenvalue weighted by Crippen LogP contribution is 2.20. The normalized spacial score (nSPS) is 10.8. The number of nitrogens with zero attached hydrogens (tertiary/aromatic N) is 3. The van der Waals surface area contributed by atoms with Crippen LogP contribution in [-0.4, -0.2) is 31.4 Å². The number of imidazole rings is 1. The van der Waals surface area contributed by atoms with E-state index >= 15 is 0 Å². The number of rotatable bonds is 2. The Labute approximate surface area is 94.1 Å². The van der Waals surface area contributed by atoms with Gasteiger partial charge in [0.1, 0.15) is 0 Å². The average molecular weight is 230 g/mol. The highest BCUT2D eigenvalue weighted by molar-refractivity contribution is 5.92. The number of benzene rings is 1. The Hall–Kier alpha value is -2.70. The van der Waals surface area contributed by atoms with E-state index in [0.29, 0.717) is 5.82 Å². The summed E-state index contributed by atoms with van der Waals surface area (Å²) in [5.41, 5.74) is 1.35. The van der Waals surface area contributed by atoms with Gasteiger partial charge in [0.25, 0.3) is 0 Å². The molecule has 0 aliphatic rings. The summed E-state index contributed by atoms with van der Waals surface area (Å²) in [6.45, 7) is 0. The summed E-state index contributed by atoms with van der Waals surface area (Å²) in [7, 11) is 0. The summed E-state index contributed by atoms with van der Waals surface area (Å²) in [4.78, 5) is 18.0. The number of aromatic amines is 1. The first kappa shape index (κ1) is 9.52. The molecule has 2 N–H and O–H groups in total. The lowest BCUT2D eigenvalue weighted by atomic mass is 10.3. The number of H-pyrrole nitrogens is 1. The first-order valence-corrected chi connectivity index (χ1v) is 4.76. The molecular weight excluding hydrogens is 224 g/mol. The lowest BCUT2D eigenvalue weighted by molar-refractivity contribution is 0.0685. The number of hydrogen-bond acceptors (Lipinski definition) is 5. The predicted molar refractivity (Wildman–Crippen MR) is 56.3 cm³/mol. The third-order valence-electron chi connectivity index (χ3n) is 2.30. The summed E-state index contributed by atoms with van der Waals surface area (Å²) in [6.07, 6.45) is 0. The van der Waals surface area contributed by atoms with E-state index in [1.807, 2.05) is 24.3 Å². The number of aromatic carboxylic acids is 1. The number of nitrogens with one attached hydrogen (secondary N) is 1. The molecule has 3 aromatic rings. The van der Waals surface area contributed by atoms with Crippen LogP contribution in [0.4, 0.5) is 0 Å². The SMILES string of the molecule is O=C(O)c1nonc1-c1nc2ccccc2[nH]1. The van der Waals surface area contributed by atoms with Crippen LogP contribution >= 0.6 is 0 Å². The van der Waals surface area contributed by atoms with E-state index in [-0.39, 0.29) is 11.4 Å². The van der Waals surface area contributed by atoms with Crippen LogP contribution in [0.15, 0.2) is 28.9 Å². The maximum absolute atomic E-state index is 10.9. The van der Waals surface area contributed by atoms with Crippen molar-refractivity contribution in [2.75, 3.05) is 0 Å². The minimum Gasteiger partial charge on any atom is -0.476 e. The van der Waals surface area contributed by atoms with E-state index in [1.165, 1.54) is 0 Å². The Morgan fingerprint density at radius 1 is 1.29 bits per heavy atom. The molecule has 3 rings (SSSR count). The fraction of sp³-hybridized carbons (Fsp3) is 0. The predicted octanol–water partition coefficient (Wildman–Crippen LogP) is 1.31. The van der Waals surface area contributed by atoms with Crippen molar-refractivity contribution in [2.24, 2.45) is 0 Å². The molecular formula is C10H6N4O3. The number of carboxylic acids is 1. The van der Waals surface area contributed by atoms with Crippen molar-refractivity contribution in [3.05, 3.63) is 30.0 Å². The zero-order chi connectivity index (χ0) is 11.8. The van der Waals surface area contributed by atoms with Crippen molar-refractivity contribution in [1.29, 1.82) is 0 Å². The molecule has 0 spiro atoms. The van der Waals surface area contributed by atoms with Crippen molar-refractivity contribution in [1.82, 2.24) is 20.3 Å². The Bertz CT molecular complexity index is 667. The van der Waals surface area contributed by atoms with Crippen molar-refractivity contribution in [3.8, 4) is 11.5 Å². The van der Waals surface area contributed by atoms with Crippen LogP contribution in [-0.2, 0) is 0 Å².